The minimum atomic E-state index is -4.21. The Morgan fingerprint density at radius 3 is 2.52 bits per heavy atom. The maximum atomic E-state index is 15.0. The molecule has 4 aromatic rings. The van der Waals surface area contributed by atoms with E-state index in [0.29, 0.717) is 11.2 Å². The highest BCUT2D eigenvalue weighted by Gasteiger charge is 2.52. The molecule has 46 heavy (non-hydrogen) atoms. The van der Waals surface area contributed by atoms with Gasteiger partial charge in [0.2, 0.25) is 0 Å². The molecule has 1 atom stereocenters. The first-order valence-electron chi connectivity index (χ1n) is 14.8. The Morgan fingerprint density at radius 1 is 1.09 bits per heavy atom. The van der Waals surface area contributed by atoms with Crippen LogP contribution >= 0.6 is 0 Å². The van der Waals surface area contributed by atoms with Crippen molar-refractivity contribution in [3.05, 3.63) is 76.6 Å². The van der Waals surface area contributed by atoms with Gasteiger partial charge in [0, 0.05) is 39.3 Å². The van der Waals surface area contributed by atoms with Gasteiger partial charge >= 0.3 is 10.2 Å². The van der Waals surface area contributed by atoms with Crippen LogP contribution in [0.25, 0.3) is 16.6 Å². The summed E-state index contributed by atoms with van der Waals surface area (Å²) < 4.78 is 64.4. The van der Waals surface area contributed by atoms with Crippen molar-refractivity contribution in [3.8, 4) is 23.3 Å². The fraction of sp³-hybridized carbons (Fsp3) is 0.367. The van der Waals surface area contributed by atoms with Gasteiger partial charge in [-0.3, -0.25) is 19.0 Å². The summed E-state index contributed by atoms with van der Waals surface area (Å²) in [5, 5.41) is 13.4. The van der Waals surface area contributed by atoms with Crippen molar-refractivity contribution < 1.29 is 21.9 Å². The van der Waals surface area contributed by atoms with Crippen LogP contribution < -0.4 is 20.3 Å². The van der Waals surface area contributed by atoms with Crippen LogP contribution in [0.2, 0.25) is 0 Å². The molecule has 16 heteroatoms. The number of fused-ring (bicyclic) bond motifs is 1. The fourth-order valence-electron chi connectivity index (χ4n) is 6.01. The first-order chi connectivity index (χ1) is 22.2. The number of nitriles is 1. The van der Waals surface area contributed by atoms with E-state index >= 15 is 0 Å². The van der Waals surface area contributed by atoms with E-state index in [9.17, 15) is 27.3 Å². The van der Waals surface area contributed by atoms with Crippen molar-refractivity contribution in [1.82, 2.24) is 34.0 Å². The van der Waals surface area contributed by atoms with E-state index in [2.05, 4.69) is 29.9 Å². The molecule has 0 unspecified atom stereocenters. The highest BCUT2D eigenvalue weighted by atomic mass is 32.2. The van der Waals surface area contributed by atoms with Crippen molar-refractivity contribution in [2.75, 3.05) is 44.0 Å². The summed E-state index contributed by atoms with van der Waals surface area (Å²) in [5.41, 5.74) is -0.510. The fourth-order valence-corrected chi connectivity index (χ4v) is 7.29. The van der Waals surface area contributed by atoms with Gasteiger partial charge in [-0.2, -0.15) is 18.0 Å². The molecule has 1 aliphatic carbocycles. The Hall–Kier alpha value is -4.56. The number of halogens is 2. The Kier molecular flexibility index (Phi) is 7.64. The van der Waals surface area contributed by atoms with E-state index in [4.69, 9.17) is 4.74 Å². The predicted octanol–water partition coefficient (Wildman–Crippen LogP) is 2.57. The van der Waals surface area contributed by atoms with Crippen LogP contribution in [0.15, 0.2) is 53.8 Å². The van der Waals surface area contributed by atoms with E-state index in [1.165, 1.54) is 29.1 Å². The topological polar surface area (TPSA) is 158 Å². The lowest BCUT2D eigenvalue weighted by Crippen LogP contribution is -2.49. The molecule has 7 rings (SSSR count). The van der Waals surface area contributed by atoms with Crippen LogP contribution in [0.1, 0.15) is 30.7 Å². The van der Waals surface area contributed by atoms with E-state index in [-0.39, 0.29) is 41.9 Å². The van der Waals surface area contributed by atoms with Gasteiger partial charge in [0.25, 0.3) is 5.56 Å². The van der Waals surface area contributed by atoms with Crippen molar-refractivity contribution in [3.63, 3.8) is 0 Å². The summed E-state index contributed by atoms with van der Waals surface area (Å²) in [4.78, 5) is 29.6. The molecule has 2 aromatic carbocycles. The number of piperazine rings is 1. The molecule has 0 spiro atoms. The van der Waals surface area contributed by atoms with Gasteiger partial charge in [0.1, 0.15) is 35.7 Å². The SMILES string of the molecule is N#Cc1c(NS(=O)(=O)N2CC[C@@H](F)C2)ccc(F)c1Oc1ccc2ncn(-c3cnc(C4(N5CCNCC5)CC4)nc3)c(=O)c2c1. The van der Waals surface area contributed by atoms with Gasteiger partial charge in [0.05, 0.1) is 40.2 Å². The first-order valence-corrected chi connectivity index (χ1v) is 16.2. The van der Waals surface area contributed by atoms with Gasteiger partial charge in [-0.25, -0.2) is 23.7 Å². The molecule has 1 saturated carbocycles. The molecule has 238 valence electrons. The second kappa shape index (κ2) is 11.7. The summed E-state index contributed by atoms with van der Waals surface area (Å²) in [6.07, 6.45) is 5.28. The third kappa shape index (κ3) is 5.45. The molecule has 0 bridgehead atoms. The van der Waals surface area contributed by atoms with Crippen LogP contribution in [0.5, 0.6) is 11.5 Å². The molecular weight excluding hydrogens is 620 g/mol. The minimum absolute atomic E-state index is 0.0117. The lowest BCUT2D eigenvalue weighted by atomic mass is 10.1. The molecule has 0 amide bonds. The van der Waals surface area contributed by atoms with Crippen LogP contribution in [0.3, 0.4) is 0 Å². The average molecular weight is 650 g/mol. The van der Waals surface area contributed by atoms with Crippen LogP contribution in [0.4, 0.5) is 14.5 Å². The third-order valence-electron chi connectivity index (χ3n) is 8.62. The lowest BCUT2D eigenvalue weighted by molar-refractivity contribution is 0.147. The van der Waals surface area contributed by atoms with Crippen molar-refractivity contribution in [1.29, 1.82) is 5.26 Å². The summed E-state index contributed by atoms with van der Waals surface area (Å²) >= 11 is 0. The maximum absolute atomic E-state index is 15.0. The number of ether oxygens (including phenoxy) is 1. The van der Waals surface area contributed by atoms with Crippen molar-refractivity contribution >= 4 is 26.8 Å². The van der Waals surface area contributed by atoms with E-state index < -0.39 is 39.1 Å². The smallest absolute Gasteiger partial charge is 0.301 e. The van der Waals surface area contributed by atoms with E-state index in [0.717, 1.165) is 61.3 Å². The van der Waals surface area contributed by atoms with Crippen LogP contribution in [-0.2, 0) is 15.7 Å². The van der Waals surface area contributed by atoms with Gasteiger partial charge in [-0.05, 0) is 49.6 Å². The maximum Gasteiger partial charge on any atom is 0.301 e. The number of hydrogen-bond acceptors (Lipinski definition) is 10. The predicted molar refractivity (Wildman–Crippen MR) is 163 cm³/mol. The third-order valence-corrected chi connectivity index (χ3v) is 10.1. The largest absolute Gasteiger partial charge is 0.453 e. The number of nitrogens with zero attached hydrogens (tertiary/aromatic N) is 7. The molecule has 3 aliphatic rings. The molecule has 4 heterocycles. The Morgan fingerprint density at radius 2 is 1.85 bits per heavy atom. The normalized spacial score (nSPS) is 20.0. The number of aromatic nitrogens is 4. The molecule has 2 N–H and O–H groups in total. The molecule has 2 saturated heterocycles. The first kappa shape index (κ1) is 30.1. The van der Waals surface area contributed by atoms with Crippen molar-refractivity contribution in [2.24, 2.45) is 0 Å². The number of nitrogens with one attached hydrogen (secondary N) is 2. The highest BCUT2D eigenvalue weighted by molar-refractivity contribution is 7.90. The quantitative estimate of drug-likeness (QED) is 0.291. The van der Waals surface area contributed by atoms with Gasteiger partial charge in [-0.1, -0.05) is 0 Å². The zero-order chi connectivity index (χ0) is 32.1. The number of alkyl halides is 1. The van der Waals surface area contributed by atoms with Crippen molar-refractivity contribution in [2.45, 2.75) is 31.0 Å². The summed E-state index contributed by atoms with van der Waals surface area (Å²) in [7, 11) is -4.21. The summed E-state index contributed by atoms with van der Waals surface area (Å²) in [6, 6.07) is 8.15. The Bertz CT molecular complexity index is 2030. The number of rotatable bonds is 8. The zero-order valence-corrected chi connectivity index (χ0v) is 25.3. The van der Waals surface area contributed by atoms with Gasteiger partial charge in [0.15, 0.2) is 11.6 Å². The molecule has 3 fully saturated rings. The minimum Gasteiger partial charge on any atom is -0.453 e. The number of hydrogen-bond donors (Lipinski definition) is 2. The van der Waals surface area contributed by atoms with Crippen LogP contribution in [-0.4, -0.2) is 82.6 Å². The second-order valence-electron chi connectivity index (χ2n) is 11.5. The molecule has 13 nitrogen and oxygen atoms in total. The van der Waals surface area contributed by atoms with E-state index in [1.54, 1.807) is 18.5 Å². The summed E-state index contributed by atoms with van der Waals surface area (Å²) in [5.74, 6) is -0.738. The molecule has 0 radical (unpaired) electrons. The lowest BCUT2D eigenvalue weighted by Gasteiger charge is -2.34. The number of benzene rings is 2. The monoisotopic (exact) mass is 649 g/mol. The zero-order valence-electron chi connectivity index (χ0n) is 24.5. The molecular formula is C30H29F2N9O4S. The Labute approximate surface area is 262 Å². The van der Waals surface area contributed by atoms with E-state index in [1.807, 2.05) is 0 Å². The standard InChI is InChI=1S/C30H29F2N9O4S/c31-19-5-10-40(17-19)46(43,44)38-26-4-2-24(32)27(23(26)14-33)45-21-1-3-25-22(13-21)28(42)41(18-37-25)20-15-35-29(36-16-20)30(6-7-30)39-11-8-34-9-12-39/h1-4,13,15-16,18-19,34,38H,5-12,17H2/t19-/m1/s1. The van der Waals surface area contributed by atoms with Gasteiger partial charge in [-0.15, -0.1) is 0 Å². The second-order valence-corrected chi connectivity index (χ2v) is 13.2. The molecule has 2 aliphatic heterocycles. The average Bonchev–Trinajstić information content (AvgIpc) is 3.76. The summed E-state index contributed by atoms with van der Waals surface area (Å²) in [6.45, 7) is 3.32. The van der Waals surface area contributed by atoms with Crippen LogP contribution in [0, 0.1) is 17.1 Å². The van der Waals surface area contributed by atoms with Gasteiger partial charge < -0.3 is 10.1 Å². The highest BCUT2D eigenvalue weighted by Crippen LogP contribution is 2.49. The number of anilines is 1. The molecule has 2 aromatic heterocycles. The Balaban J connectivity index is 1.17.